The van der Waals surface area contributed by atoms with Gasteiger partial charge in [-0.25, -0.2) is 18.1 Å². The van der Waals surface area contributed by atoms with E-state index in [1.165, 1.54) is 11.3 Å². The smallest absolute Gasteiger partial charge is 0.260 e. The Hall–Kier alpha value is -1.42. The third-order valence-electron chi connectivity index (χ3n) is 2.94. The van der Waals surface area contributed by atoms with Crippen LogP contribution < -0.4 is 10.0 Å². The molecule has 0 atom stereocenters. The van der Waals surface area contributed by atoms with Crippen LogP contribution in [0.4, 0.5) is 5.82 Å². The average Bonchev–Trinajstić information content (AvgIpc) is 3.10. The van der Waals surface area contributed by atoms with Crippen molar-refractivity contribution in [3.63, 3.8) is 0 Å². The fourth-order valence-corrected chi connectivity index (χ4v) is 4.98. The number of aromatic nitrogens is 2. The molecule has 0 aliphatic heterocycles. The number of fused-ring (bicyclic) bond motifs is 1. The van der Waals surface area contributed by atoms with Gasteiger partial charge in [-0.1, -0.05) is 0 Å². The highest BCUT2D eigenvalue weighted by molar-refractivity contribution is 7.89. The van der Waals surface area contributed by atoms with E-state index in [2.05, 4.69) is 15.0 Å². The Morgan fingerprint density at radius 2 is 2.19 bits per heavy atom. The molecule has 0 aliphatic rings. The zero-order valence-corrected chi connectivity index (χ0v) is 13.9. The number of hydrogen-bond donors (Lipinski definition) is 2. The van der Waals surface area contributed by atoms with Crippen molar-refractivity contribution in [3.05, 3.63) is 33.5 Å². The summed E-state index contributed by atoms with van der Waals surface area (Å²) in [6, 6.07) is 3.90. The zero-order chi connectivity index (χ0) is 15.0. The van der Waals surface area contributed by atoms with Crippen LogP contribution in [0.15, 0.2) is 28.7 Å². The number of aryl methyl sites for hydroxylation is 1. The normalized spacial score (nSPS) is 12.1. The van der Waals surface area contributed by atoms with E-state index in [1.54, 1.807) is 29.0 Å². The monoisotopic (exact) mass is 342 g/mol. The van der Waals surface area contributed by atoms with Crippen molar-refractivity contribution in [2.75, 3.05) is 12.4 Å². The van der Waals surface area contributed by atoms with Crippen molar-refractivity contribution in [2.24, 2.45) is 0 Å². The van der Waals surface area contributed by atoms with Gasteiger partial charge < -0.3 is 5.32 Å². The van der Waals surface area contributed by atoms with Crippen molar-refractivity contribution < 1.29 is 8.42 Å². The first-order chi connectivity index (χ1) is 10.0. The SMILES string of the molecule is CNc1nc2sccn2c1S(=O)(=O)NCc1ccc(C)s1. The molecule has 2 N–H and O–H groups in total. The Balaban J connectivity index is 1.94. The van der Waals surface area contributed by atoms with Crippen LogP contribution in [0.25, 0.3) is 4.96 Å². The van der Waals surface area contributed by atoms with Gasteiger partial charge in [0.1, 0.15) is 0 Å². The number of thiazole rings is 1. The summed E-state index contributed by atoms with van der Waals surface area (Å²) < 4.78 is 29.3. The molecule has 0 fully saturated rings. The summed E-state index contributed by atoms with van der Waals surface area (Å²) >= 11 is 2.97. The second kappa shape index (κ2) is 5.41. The predicted molar refractivity (Wildman–Crippen MR) is 85.7 cm³/mol. The average molecular weight is 342 g/mol. The molecule has 6 nitrogen and oxygen atoms in total. The molecule has 0 amide bonds. The molecule has 21 heavy (non-hydrogen) atoms. The number of anilines is 1. The number of imidazole rings is 1. The van der Waals surface area contributed by atoms with Crippen molar-refractivity contribution in [3.8, 4) is 0 Å². The minimum absolute atomic E-state index is 0.148. The molecule has 0 bridgehead atoms. The van der Waals surface area contributed by atoms with Gasteiger partial charge in [0.2, 0.25) is 0 Å². The van der Waals surface area contributed by atoms with Crippen molar-refractivity contribution >= 4 is 43.5 Å². The van der Waals surface area contributed by atoms with Crippen LogP contribution in [-0.2, 0) is 16.6 Å². The predicted octanol–water partition coefficient (Wildman–Crippen LogP) is 2.29. The molecule has 0 radical (unpaired) electrons. The maximum atomic E-state index is 12.6. The Morgan fingerprint density at radius 1 is 1.38 bits per heavy atom. The number of thiophene rings is 1. The lowest BCUT2D eigenvalue weighted by Gasteiger charge is -2.06. The molecule has 3 aromatic rings. The van der Waals surface area contributed by atoms with E-state index in [0.29, 0.717) is 10.8 Å². The van der Waals surface area contributed by atoms with Crippen LogP contribution in [0.3, 0.4) is 0 Å². The molecular weight excluding hydrogens is 328 g/mol. The minimum Gasteiger partial charge on any atom is -0.371 e. The van der Waals surface area contributed by atoms with Crippen LogP contribution in [0.1, 0.15) is 9.75 Å². The first-order valence-corrected chi connectivity index (χ1v) is 9.37. The van der Waals surface area contributed by atoms with Gasteiger partial charge in [-0.3, -0.25) is 4.40 Å². The van der Waals surface area contributed by atoms with Gasteiger partial charge in [0.15, 0.2) is 15.8 Å². The van der Waals surface area contributed by atoms with Crippen LogP contribution in [-0.4, -0.2) is 24.9 Å². The van der Waals surface area contributed by atoms with Crippen LogP contribution in [0.5, 0.6) is 0 Å². The first-order valence-electron chi connectivity index (χ1n) is 6.19. The molecule has 0 saturated heterocycles. The maximum Gasteiger partial charge on any atom is 0.260 e. The lowest BCUT2D eigenvalue weighted by Crippen LogP contribution is -2.24. The molecule has 3 rings (SSSR count). The maximum absolute atomic E-state index is 12.6. The standard InChI is InChI=1S/C12H14N4O2S3/c1-8-3-4-9(20-8)7-14-21(17,18)11-10(13-2)15-12-16(11)5-6-19-12/h3-6,13-14H,7H2,1-2H3. The van der Waals surface area contributed by atoms with Crippen LogP contribution in [0.2, 0.25) is 0 Å². The van der Waals surface area contributed by atoms with Gasteiger partial charge in [0.05, 0.1) is 0 Å². The fourth-order valence-electron chi connectivity index (χ4n) is 2.00. The Kier molecular flexibility index (Phi) is 3.74. The van der Waals surface area contributed by atoms with Gasteiger partial charge in [-0.15, -0.1) is 22.7 Å². The summed E-state index contributed by atoms with van der Waals surface area (Å²) in [5.74, 6) is 0.358. The molecule has 0 spiro atoms. The van der Waals surface area contributed by atoms with Gasteiger partial charge in [-0.05, 0) is 19.1 Å². The molecule has 3 heterocycles. The molecule has 0 aliphatic carbocycles. The van der Waals surface area contributed by atoms with E-state index in [0.717, 1.165) is 9.75 Å². The summed E-state index contributed by atoms with van der Waals surface area (Å²) in [5.41, 5.74) is 0. The largest absolute Gasteiger partial charge is 0.371 e. The molecule has 3 aromatic heterocycles. The van der Waals surface area contributed by atoms with Gasteiger partial charge in [0.25, 0.3) is 10.0 Å². The summed E-state index contributed by atoms with van der Waals surface area (Å²) in [7, 11) is -1.98. The summed E-state index contributed by atoms with van der Waals surface area (Å²) in [5, 5.41) is 4.79. The highest BCUT2D eigenvalue weighted by Gasteiger charge is 2.25. The lowest BCUT2D eigenvalue weighted by atomic mass is 10.4. The topological polar surface area (TPSA) is 75.5 Å². The van der Waals surface area contributed by atoms with Crippen molar-refractivity contribution in [1.29, 1.82) is 0 Å². The number of sulfonamides is 1. The molecule has 0 unspecified atom stereocenters. The molecule has 0 saturated carbocycles. The molecular formula is C12H14N4O2S3. The number of nitrogens with zero attached hydrogens (tertiary/aromatic N) is 2. The molecule has 0 aromatic carbocycles. The van der Waals surface area contributed by atoms with E-state index in [9.17, 15) is 8.42 Å². The Labute approximate surface area is 130 Å². The summed E-state index contributed by atoms with van der Waals surface area (Å²) in [6.45, 7) is 2.27. The van der Waals surface area contributed by atoms with E-state index >= 15 is 0 Å². The van der Waals surface area contributed by atoms with E-state index in [-0.39, 0.29) is 11.6 Å². The second-order valence-corrected chi connectivity index (χ2v) is 8.34. The third kappa shape index (κ3) is 2.69. The summed E-state index contributed by atoms with van der Waals surface area (Å²) in [4.78, 5) is 7.05. The van der Waals surface area contributed by atoms with Gasteiger partial charge in [0, 0.05) is 34.9 Å². The lowest BCUT2D eigenvalue weighted by molar-refractivity contribution is 0.577. The number of rotatable bonds is 5. The number of nitrogens with one attached hydrogen (secondary N) is 2. The highest BCUT2D eigenvalue weighted by Crippen LogP contribution is 2.25. The highest BCUT2D eigenvalue weighted by atomic mass is 32.2. The molecule has 112 valence electrons. The van der Waals surface area contributed by atoms with Crippen molar-refractivity contribution in [2.45, 2.75) is 18.5 Å². The van der Waals surface area contributed by atoms with Gasteiger partial charge in [-0.2, -0.15) is 0 Å². The minimum atomic E-state index is -3.64. The fraction of sp³-hybridized carbons (Fsp3) is 0.250. The quantitative estimate of drug-likeness (QED) is 0.746. The van der Waals surface area contributed by atoms with Gasteiger partial charge >= 0.3 is 0 Å². The number of hydrogen-bond acceptors (Lipinski definition) is 6. The molecule has 9 heteroatoms. The van der Waals surface area contributed by atoms with Crippen molar-refractivity contribution in [1.82, 2.24) is 14.1 Å². The Bertz CT molecular complexity index is 875. The van der Waals surface area contributed by atoms with E-state index in [1.807, 2.05) is 24.4 Å². The van der Waals surface area contributed by atoms with Crippen LogP contribution in [0, 0.1) is 6.92 Å². The summed E-state index contributed by atoms with van der Waals surface area (Å²) in [6.07, 6.45) is 1.71. The van der Waals surface area contributed by atoms with E-state index < -0.39 is 10.0 Å². The van der Waals surface area contributed by atoms with Crippen LogP contribution >= 0.6 is 22.7 Å². The van der Waals surface area contributed by atoms with E-state index in [4.69, 9.17) is 0 Å². The third-order valence-corrected chi connectivity index (χ3v) is 6.12. The first kappa shape index (κ1) is 14.5. The Morgan fingerprint density at radius 3 is 2.86 bits per heavy atom. The zero-order valence-electron chi connectivity index (χ0n) is 11.5. The second-order valence-electron chi connectivity index (χ2n) is 4.41.